The third-order valence-corrected chi connectivity index (χ3v) is 4.94. The molecule has 2 saturated heterocycles. The molecule has 152 valence electrons. The zero-order valence-electron chi connectivity index (χ0n) is 16.6. The molecule has 1 aromatic carbocycles. The molecule has 6 nitrogen and oxygen atoms in total. The molecule has 0 aliphatic carbocycles. The van der Waals surface area contributed by atoms with E-state index >= 15 is 0 Å². The summed E-state index contributed by atoms with van der Waals surface area (Å²) < 4.78 is 30.1. The Hall–Kier alpha value is -1.99. The Morgan fingerprint density at radius 1 is 1.21 bits per heavy atom. The Kier molecular flexibility index (Phi) is 6.05. The van der Waals surface area contributed by atoms with Crippen LogP contribution >= 0.6 is 0 Å². The standard InChI is InChI=1S/C22H28O6/c1-6-11-17(25-15(3)23)22(7-2)19(24-14-16-12-9-8-10-13-16)18-20(28-22)27-21(4,5)26-18/h6-10,12-13,17-20H,1-2,11,14H2,3-5H3/t17-,18+,19+,20-,22+/m0/s1. The Balaban J connectivity index is 1.92. The molecule has 0 radical (unpaired) electrons. The van der Waals surface area contributed by atoms with E-state index in [1.165, 1.54) is 6.92 Å². The van der Waals surface area contributed by atoms with Crippen LogP contribution in [0.25, 0.3) is 0 Å². The first kappa shape index (κ1) is 20.7. The van der Waals surface area contributed by atoms with Gasteiger partial charge in [0.15, 0.2) is 17.7 Å². The molecule has 1 aromatic rings. The lowest BCUT2D eigenvalue weighted by molar-refractivity contribution is -0.253. The van der Waals surface area contributed by atoms with E-state index in [1.54, 1.807) is 12.2 Å². The van der Waals surface area contributed by atoms with Crippen LogP contribution in [0.4, 0.5) is 0 Å². The third-order valence-electron chi connectivity index (χ3n) is 4.94. The van der Waals surface area contributed by atoms with Gasteiger partial charge in [-0.05, 0) is 19.4 Å². The minimum atomic E-state index is -1.12. The van der Waals surface area contributed by atoms with Gasteiger partial charge < -0.3 is 23.7 Å². The molecule has 0 unspecified atom stereocenters. The van der Waals surface area contributed by atoms with Crippen LogP contribution in [-0.2, 0) is 35.1 Å². The van der Waals surface area contributed by atoms with Crippen molar-refractivity contribution in [3.05, 3.63) is 61.2 Å². The van der Waals surface area contributed by atoms with Crippen LogP contribution in [0.2, 0.25) is 0 Å². The van der Waals surface area contributed by atoms with Gasteiger partial charge in [-0.3, -0.25) is 4.79 Å². The van der Waals surface area contributed by atoms with E-state index in [0.29, 0.717) is 13.0 Å². The van der Waals surface area contributed by atoms with Gasteiger partial charge in [-0.1, -0.05) is 49.1 Å². The zero-order valence-corrected chi connectivity index (χ0v) is 16.6. The summed E-state index contributed by atoms with van der Waals surface area (Å²) >= 11 is 0. The lowest BCUT2D eigenvalue weighted by Gasteiger charge is -2.39. The Labute approximate surface area is 166 Å². The molecular weight excluding hydrogens is 360 g/mol. The SMILES string of the molecule is C=CC[C@H](OC(C)=O)[C@@]1(C=C)O[C@@H]2OC(C)(C)O[C@@H]2[C@H]1OCc1ccccc1. The molecule has 2 aliphatic heterocycles. The van der Waals surface area contributed by atoms with E-state index in [2.05, 4.69) is 13.2 Å². The normalized spacial score (nSPS) is 31.8. The second-order valence-electron chi connectivity index (χ2n) is 7.48. The molecule has 2 aliphatic rings. The van der Waals surface area contributed by atoms with Crippen LogP contribution in [0.15, 0.2) is 55.6 Å². The van der Waals surface area contributed by atoms with E-state index < -0.39 is 42.0 Å². The highest BCUT2D eigenvalue weighted by molar-refractivity contribution is 5.66. The maximum atomic E-state index is 11.7. The van der Waals surface area contributed by atoms with Gasteiger partial charge >= 0.3 is 5.97 Å². The van der Waals surface area contributed by atoms with Gasteiger partial charge in [0.25, 0.3) is 0 Å². The lowest BCUT2D eigenvalue weighted by Crippen LogP contribution is -2.54. The van der Waals surface area contributed by atoms with Crippen molar-refractivity contribution in [3.8, 4) is 0 Å². The van der Waals surface area contributed by atoms with Crippen LogP contribution < -0.4 is 0 Å². The first-order valence-corrected chi connectivity index (χ1v) is 9.42. The van der Waals surface area contributed by atoms with E-state index in [0.717, 1.165) is 5.56 Å². The quantitative estimate of drug-likeness (QED) is 0.502. The molecule has 0 N–H and O–H groups in total. The summed E-state index contributed by atoms with van der Waals surface area (Å²) in [6, 6.07) is 9.80. The summed E-state index contributed by atoms with van der Waals surface area (Å²) in [5, 5.41) is 0. The number of ether oxygens (including phenoxy) is 5. The first-order chi connectivity index (χ1) is 13.3. The highest BCUT2D eigenvalue weighted by Gasteiger charge is 2.64. The van der Waals surface area contributed by atoms with E-state index in [9.17, 15) is 4.79 Å². The maximum Gasteiger partial charge on any atom is 0.303 e. The summed E-state index contributed by atoms with van der Waals surface area (Å²) in [6.45, 7) is 13.1. The van der Waals surface area contributed by atoms with Crippen molar-refractivity contribution in [1.82, 2.24) is 0 Å². The molecule has 0 saturated carbocycles. The van der Waals surface area contributed by atoms with Crippen molar-refractivity contribution in [2.24, 2.45) is 0 Å². The third kappa shape index (κ3) is 4.05. The number of rotatable bonds is 8. The number of hydrogen-bond donors (Lipinski definition) is 0. The van der Waals surface area contributed by atoms with Crippen molar-refractivity contribution in [3.63, 3.8) is 0 Å². The van der Waals surface area contributed by atoms with Crippen LogP contribution in [0.1, 0.15) is 32.8 Å². The number of esters is 1. The average molecular weight is 388 g/mol. The molecule has 28 heavy (non-hydrogen) atoms. The fourth-order valence-electron chi connectivity index (χ4n) is 3.79. The van der Waals surface area contributed by atoms with Crippen LogP contribution in [0, 0.1) is 0 Å². The number of carbonyl (C=O) groups is 1. The largest absolute Gasteiger partial charge is 0.459 e. The van der Waals surface area contributed by atoms with Crippen molar-refractivity contribution < 1.29 is 28.5 Å². The summed E-state index contributed by atoms with van der Waals surface area (Å²) in [6.07, 6.45) is 1.28. The van der Waals surface area contributed by atoms with Gasteiger partial charge in [-0.2, -0.15) is 0 Å². The molecule has 6 heteroatoms. The van der Waals surface area contributed by atoms with Crippen LogP contribution in [0.3, 0.4) is 0 Å². The number of fused-ring (bicyclic) bond motifs is 1. The maximum absolute atomic E-state index is 11.7. The first-order valence-electron chi connectivity index (χ1n) is 9.42. The van der Waals surface area contributed by atoms with Crippen molar-refractivity contribution >= 4 is 5.97 Å². The van der Waals surface area contributed by atoms with E-state index in [4.69, 9.17) is 23.7 Å². The zero-order chi connectivity index (χ0) is 20.4. The summed E-state index contributed by atoms with van der Waals surface area (Å²) in [5.41, 5.74) is -0.115. The second kappa shape index (κ2) is 8.17. The summed E-state index contributed by atoms with van der Waals surface area (Å²) in [4.78, 5) is 11.7. The van der Waals surface area contributed by atoms with Gasteiger partial charge in [0.05, 0.1) is 6.61 Å². The molecule has 2 fully saturated rings. The molecule has 3 rings (SSSR count). The van der Waals surface area contributed by atoms with Crippen LogP contribution in [0.5, 0.6) is 0 Å². The predicted molar refractivity (Wildman–Crippen MR) is 103 cm³/mol. The van der Waals surface area contributed by atoms with Gasteiger partial charge in [0.1, 0.15) is 18.3 Å². The van der Waals surface area contributed by atoms with Crippen molar-refractivity contribution in [2.45, 2.75) is 69.8 Å². The smallest absolute Gasteiger partial charge is 0.303 e. The fraction of sp³-hybridized carbons (Fsp3) is 0.500. The highest BCUT2D eigenvalue weighted by atomic mass is 16.8. The topological polar surface area (TPSA) is 63.2 Å². The molecule has 0 spiro atoms. The summed E-state index contributed by atoms with van der Waals surface area (Å²) in [5.74, 6) is -1.22. The predicted octanol–water partition coefficient (Wildman–Crippen LogP) is 3.51. The van der Waals surface area contributed by atoms with E-state index in [-0.39, 0.29) is 0 Å². The number of hydrogen-bond acceptors (Lipinski definition) is 6. The van der Waals surface area contributed by atoms with Crippen LogP contribution in [-0.4, -0.2) is 42.0 Å². The minimum Gasteiger partial charge on any atom is -0.459 e. The van der Waals surface area contributed by atoms with Gasteiger partial charge in [0, 0.05) is 13.3 Å². The molecule has 0 aromatic heterocycles. The number of carbonyl (C=O) groups excluding carboxylic acids is 1. The molecule has 5 atom stereocenters. The second-order valence-corrected chi connectivity index (χ2v) is 7.48. The van der Waals surface area contributed by atoms with Gasteiger partial charge in [-0.25, -0.2) is 0 Å². The molecule has 0 bridgehead atoms. The van der Waals surface area contributed by atoms with Gasteiger partial charge in [0.2, 0.25) is 0 Å². The molecular formula is C22H28O6. The van der Waals surface area contributed by atoms with Crippen molar-refractivity contribution in [1.29, 1.82) is 0 Å². The van der Waals surface area contributed by atoms with Gasteiger partial charge in [-0.15, -0.1) is 6.58 Å². The monoisotopic (exact) mass is 388 g/mol. The van der Waals surface area contributed by atoms with E-state index in [1.807, 2.05) is 44.2 Å². The number of benzene rings is 1. The highest BCUT2D eigenvalue weighted by Crippen LogP contribution is 2.47. The lowest BCUT2D eigenvalue weighted by atomic mass is 9.87. The van der Waals surface area contributed by atoms with Crippen molar-refractivity contribution in [2.75, 3.05) is 0 Å². The Morgan fingerprint density at radius 2 is 1.93 bits per heavy atom. The molecule has 2 heterocycles. The molecule has 0 amide bonds. The summed E-state index contributed by atoms with van der Waals surface area (Å²) in [7, 11) is 0. The Bertz CT molecular complexity index is 715. The fourth-order valence-corrected chi connectivity index (χ4v) is 3.79. The average Bonchev–Trinajstić information content (AvgIpc) is 3.09. The minimum absolute atomic E-state index is 0.346. The Morgan fingerprint density at radius 3 is 2.54 bits per heavy atom.